The highest BCUT2D eigenvalue weighted by Crippen LogP contribution is 2.16. The van der Waals surface area contributed by atoms with Gasteiger partial charge < -0.3 is 5.73 Å². The van der Waals surface area contributed by atoms with E-state index in [-0.39, 0.29) is 5.91 Å². The lowest BCUT2D eigenvalue weighted by Crippen LogP contribution is -2.19. The van der Waals surface area contributed by atoms with Crippen molar-refractivity contribution in [2.75, 3.05) is 5.73 Å². The van der Waals surface area contributed by atoms with Gasteiger partial charge in [0.25, 0.3) is 5.91 Å². The van der Waals surface area contributed by atoms with Crippen LogP contribution in [0.3, 0.4) is 0 Å². The number of benzene rings is 2. The number of aromatic amines is 1. The number of hydrogen-bond donors (Lipinski definition) is 3. The highest BCUT2D eigenvalue weighted by atomic mass is 16.2. The van der Waals surface area contributed by atoms with Gasteiger partial charge in [-0.1, -0.05) is 42.5 Å². The summed E-state index contributed by atoms with van der Waals surface area (Å²) in [7, 11) is 0. The van der Waals surface area contributed by atoms with Crippen molar-refractivity contribution in [3.05, 3.63) is 71.9 Å². The molecule has 0 saturated heterocycles. The Bertz CT molecular complexity index is 866. The lowest BCUT2D eigenvalue weighted by Gasteiger charge is -2.02. The topological polar surface area (TPSA) is 96.2 Å². The number of nitrogens with two attached hydrogens (primary N) is 1. The van der Waals surface area contributed by atoms with Crippen LogP contribution in [0.15, 0.2) is 65.8 Å². The molecular formula is C18H17N5O. The third kappa shape index (κ3) is 3.49. The summed E-state index contributed by atoms with van der Waals surface area (Å²) in [6, 6.07) is 18.6. The van der Waals surface area contributed by atoms with Crippen LogP contribution in [-0.4, -0.2) is 21.8 Å². The lowest BCUT2D eigenvalue weighted by molar-refractivity contribution is 0.0950. The van der Waals surface area contributed by atoms with E-state index < -0.39 is 0 Å². The predicted octanol–water partition coefficient (Wildman–Crippen LogP) is 2.81. The normalized spacial score (nSPS) is 11.3. The Kier molecular flexibility index (Phi) is 4.38. The first-order chi connectivity index (χ1) is 11.6. The molecule has 1 aromatic heterocycles. The molecule has 1 heterocycles. The molecule has 0 aliphatic rings. The van der Waals surface area contributed by atoms with Crippen LogP contribution >= 0.6 is 0 Å². The summed E-state index contributed by atoms with van der Waals surface area (Å²) in [5.74, 6) is -0.348. The monoisotopic (exact) mass is 319 g/mol. The number of hydrogen-bond acceptors (Lipinski definition) is 4. The van der Waals surface area contributed by atoms with Crippen molar-refractivity contribution in [3.63, 3.8) is 0 Å². The van der Waals surface area contributed by atoms with Gasteiger partial charge in [-0.25, -0.2) is 5.43 Å². The second-order valence-electron chi connectivity index (χ2n) is 5.29. The fourth-order valence-electron chi connectivity index (χ4n) is 2.18. The number of H-pyrrole nitrogens is 1. The van der Waals surface area contributed by atoms with E-state index in [1.165, 1.54) is 0 Å². The Hall–Kier alpha value is -3.41. The van der Waals surface area contributed by atoms with Gasteiger partial charge in [0.05, 0.1) is 11.4 Å². The molecule has 0 fully saturated rings. The molecule has 2 aromatic carbocycles. The molecule has 0 atom stereocenters. The molecule has 0 spiro atoms. The smallest absolute Gasteiger partial charge is 0.289 e. The van der Waals surface area contributed by atoms with Gasteiger partial charge in [-0.2, -0.15) is 10.2 Å². The van der Waals surface area contributed by atoms with Gasteiger partial charge in [0.15, 0.2) is 0 Å². The molecule has 0 bridgehead atoms. The first-order valence-corrected chi connectivity index (χ1v) is 7.45. The van der Waals surface area contributed by atoms with Crippen LogP contribution in [0, 0.1) is 0 Å². The summed E-state index contributed by atoms with van der Waals surface area (Å²) in [5.41, 5.74) is 12.4. The average Bonchev–Trinajstić information content (AvgIpc) is 3.11. The van der Waals surface area contributed by atoms with E-state index in [0.29, 0.717) is 22.8 Å². The molecule has 120 valence electrons. The van der Waals surface area contributed by atoms with Crippen molar-refractivity contribution in [1.82, 2.24) is 15.6 Å². The molecule has 3 aromatic rings. The van der Waals surface area contributed by atoms with E-state index >= 15 is 0 Å². The molecule has 0 radical (unpaired) electrons. The maximum atomic E-state index is 12.2. The average molecular weight is 319 g/mol. The van der Waals surface area contributed by atoms with Crippen molar-refractivity contribution in [3.8, 4) is 11.3 Å². The van der Waals surface area contributed by atoms with Crippen LogP contribution in [0.4, 0.5) is 5.69 Å². The van der Waals surface area contributed by atoms with Gasteiger partial charge in [-0.05, 0) is 30.7 Å². The molecule has 0 aliphatic carbocycles. The quantitative estimate of drug-likeness (QED) is 0.392. The van der Waals surface area contributed by atoms with Crippen LogP contribution in [0.1, 0.15) is 23.0 Å². The Labute approximate surface area is 139 Å². The third-order valence-electron chi connectivity index (χ3n) is 3.55. The van der Waals surface area contributed by atoms with Crippen LogP contribution < -0.4 is 11.2 Å². The molecule has 0 saturated carbocycles. The lowest BCUT2D eigenvalue weighted by atomic mass is 10.1. The number of hydrazone groups is 1. The number of nitrogen functional groups attached to an aromatic ring is 1. The van der Waals surface area contributed by atoms with Gasteiger partial charge in [0, 0.05) is 11.3 Å². The third-order valence-corrected chi connectivity index (χ3v) is 3.55. The summed E-state index contributed by atoms with van der Waals surface area (Å²) in [6.45, 7) is 1.81. The van der Waals surface area contributed by atoms with Gasteiger partial charge in [0.2, 0.25) is 0 Å². The highest BCUT2D eigenvalue weighted by Gasteiger charge is 2.10. The molecule has 4 N–H and O–H groups in total. The number of rotatable bonds is 4. The first kappa shape index (κ1) is 15.5. The van der Waals surface area contributed by atoms with Gasteiger partial charge in [-0.3, -0.25) is 9.89 Å². The fourth-order valence-corrected chi connectivity index (χ4v) is 2.18. The number of nitrogens with one attached hydrogen (secondary N) is 2. The first-order valence-electron chi connectivity index (χ1n) is 7.45. The Morgan fingerprint density at radius 1 is 1.12 bits per heavy atom. The van der Waals surface area contributed by atoms with E-state index in [1.807, 2.05) is 49.4 Å². The SMILES string of the molecule is C/C(=N/NC(=O)c1cc(-c2ccccc2)n[nH]1)c1ccc(N)cc1. The zero-order valence-electron chi connectivity index (χ0n) is 13.2. The minimum atomic E-state index is -0.348. The van der Waals surface area contributed by atoms with Crippen molar-refractivity contribution < 1.29 is 4.79 Å². The second kappa shape index (κ2) is 6.78. The van der Waals surface area contributed by atoms with E-state index in [0.717, 1.165) is 11.1 Å². The fraction of sp³-hybridized carbons (Fsp3) is 0.0556. The standard InChI is InChI=1S/C18H17N5O/c1-12(13-7-9-15(19)10-8-13)20-23-18(24)17-11-16(21-22-17)14-5-3-2-4-6-14/h2-11H,19H2,1H3,(H,21,22)(H,23,24)/b20-12-. The number of carbonyl (C=O) groups excluding carboxylic acids is 1. The zero-order valence-corrected chi connectivity index (χ0v) is 13.2. The number of aromatic nitrogens is 2. The van der Waals surface area contributed by atoms with Crippen molar-refractivity contribution in [2.24, 2.45) is 5.10 Å². The maximum absolute atomic E-state index is 12.2. The molecule has 1 amide bonds. The highest BCUT2D eigenvalue weighted by molar-refractivity contribution is 6.00. The molecule has 0 aliphatic heterocycles. The van der Waals surface area contributed by atoms with Crippen LogP contribution in [0.5, 0.6) is 0 Å². The molecule has 0 unspecified atom stereocenters. The van der Waals surface area contributed by atoms with Gasteiger partial charge in [-0.15, -0.1) is 0 Å². The van der Waals surface area contributed by atoms with Crippen molar-refractivity contribution >= 4 is 17.3 Å². The zero-order chi connectivity index (χ0) is 16.9. The Morgan fingerprint density at radius 3 is 2.54 bits per heavy atom. The molecule has 24 heavy (non-hydrogen) atoms. The summed E-state index contributed by atoms with van der Waals surface area (Å²) < 4.78 is 0. The molecule has 6 nitrogen and oxygen atoms in total. The summed E-state index contributed by atoms with van der Waals surface area (Å²) >= 11 is 0. The van der Waals surface area contributed by atoms with E-state index in [4.69, 9.17) is 5.73 Å². The van der Waals surface area contributed by atoms with Gasteiger partial charge in [0.1, 0.15) is 5.69 Å². The Balaban J connectivity index is 1.70. The number of nitrogens with zero attached hydrogens (tertiary/aromatic N) is 2. The van der Waals surface area contributed by atoms with Crippen LogP contribution in [0.2, 0.25) is 0 Å². The largest absolute Gasteiger partial charge is 0.399 e. The van der Waals surface area contributed by atoms with Crippen LogP contribution in [0.25, 0.3) is 11.3 Å². The summed E-state index contributed by atoms with van der Waals surface area (Å²) in [6.07, 6.45) is 0. The molecular weight excluding hydrogens is 302 g/mol. The maximum Gasteiger partial charge on any atom is 0.289 e. The number of anilines is 1. The molecule has 3 rings (SSSR count). The van der Waals surface area contributed by atoms with Crippen molar-refractivity contribution in [1.29, 1.82) is 0 Å². The van der Waals surface area contributed by atoms with E-state index in [9.17, 15) is 4.79 Å². The summed E-state index contributed by atoms with van der Waals surface area (Å²) in [5, 5.41) is 11.0. The predicted molar refractivity (Wildman–Crippen MR) is 94.6 cm³/mol. The van der Waals surface area contributed by atoms with E-state index in [1.54, 1.807) is 18.2 Å². The minimum Gasteiger partial charge on any atom is -0.399 e. The van der Waals surface area contributed by atoms with Crippen molar-refractivity contribution in [2.45, 2.75) is 6.92 Å². The Morgan fingerprint density at radius 2 is 1.83 bits per heavy atom. The number of carbonyl (C=O) groups is 1. The van der Waals surface area contributed by atoms with Gasteiger partial charge >= 0.3 is 0 Å². The van der Waals surface area contributed by atoms with Crippen LogP contribution in [-0.2, 0) is 0 Å². The second-order valence-corrected chi connectivity index (χ2v) is 5.29. The summed E-state index contributed by atoms with van der Waals surface area (Å²) in [4.78, 5) is 12.2. The van der Waals surface area contributed by atoms with E-state index in [2.05, 4.69) is 20.7 Å². The molecule has 6 heteroatoms. The number of amides is 1. The minimum absolute atomic E-state index is 0.348.